The molecule has 0 aliphatic carbocycles. The van der Waals surface area contributed by atoms with Gasteiger partial charge in [-0.25, -0.2) is 0 Å². The first kappa shape index (κ1) is 14.4. The minimum atomic E-state index is -0.547. The van der Waals surface area contributed by atoms with Crippen LogP contribution >= 0.6 is 0 Å². The fraction of sp³-hybridized carbons (Fsp3) is 0.500. The molecule has 2 fully saturated rings. The first-order valence-electron chi connectivity index (χ1n) is 6.61. The minimum Gasteiger partial charge on any atom is -0.462 e. The molecule has 0 radical (unpaired) electrons. The number of carbonyl (C=O) groups excluding carboxylic acids is 1. The molecular formula is C16H16O4. The average Bonchev–Trinajstić information content (AvgIpc) is 3.10. The summed E-state index contributed by atoms with van der Waals surface area (Å²) in [6, 6.07) is 0. The molecule has 0 amide bonds. The maximum Gasteiger partial charge on any atom is 0.306 e. The van der Waals surface area contributed by atoms with Gasteiger partial charge in [0.1, 0.15) is 18.3 Å². The molecule has 2 aliphatic rings. The zero-order chi connectivity index (χ0) is 14.4. The van der Waals surface area contributed by atoms with Crippen molar-refractivity contribution in [3.8, 4) is 24.2 Å². The second kappa shape index (κ2) is 6.98. The Bertz CT molecular complexity index is 525. The summed E-state index contributed by atoms with van der Waals surface area (Å²) in [5, 5.41) is 9.95. The summed E-state index contributed by atoms with van der Waals surface area (Å²) >= 11 is 0. The van der Waals surface area contributed by atoms with Gasteiger partial charge in [-0.3, -0.25) is 4.79 Å². The standard InChI is InChI=1S/C16H16O4/c1-2-3-4-5-6-7-14-16(20-14)13(17)10-8-12-9-11-15(18)19-12/h1,5,7,12-14,16-17H,8-11H2. The smallest absolute Gasteiger partial charge is 0.306 e. The largest absolute Gasteiger partial charge is 0.462 e. The second-order valence-corrected chi connectivity index (χ2v) is 4.75. The zero-order valence-corrected chi connectivity index (χ0v) is 11.0. The maximum atomic E-state index is 10.9. The third-order valence-electron chi connectivity index (χ3n) is 3.25. The van der Waals surface area contributed by atoms with Gasteiger partial charge >= 0.3 is 5.97 Å². The van der Waals surface area contributed by atoms with Crippen molar-refractivity contribution in [1.82, 2.24) is 0 Å². The Labute approximate surface area is 118 Å². The average molecular weight is 272 g/mol. The number of ether oxygens (including phenoxy) is 2. The molecular weight excluding hydrogens is 256 g/mol. The highest BCUT2D eigenvalue weighted by atomic mass is 16.6. The Morgan fingerprint density at radius 2 is 2.40 bits per heavy atom. The molecule has 0 spiro atoms. The molecule has 4 nitrogen and oxygen atoms in total. The number of cyclic esters (lactones) is 1. The van der Waals surface area contributed by atoms with E-state index in [1.165, 1.54) is 6.08 Å². The Balaban J connectivity index is 1.68. The summed E-state index contributed by atoms with van der Waals surface area (Å²) in [6.45, 7) is 0. The highest BCUT2D eigenvalue weighted by Gasteiger charge is 2.42. The molecule has 20 heavy (non-hydrogen) atoms. The highest BCUT2D eigenvalue weighted by Crippen LogP contribution is 2.29. The number of aliphatic hydroxyl groups is 1. The molecule has 0 aromatic heterocycles. The Morgan fingerprint density at radius 1 is 1.55 bits per heavy atom. The van der Waals surface area contributed by atoms with E-state index in [0.717, 1.165) is 6.42 Å². The second-order valence-electron chi connectivity index (χ2n) is 4.75. The Hall–Kier alpha value is -1.97. The molecule has 0 saturated carbocycles. The van der Waals surface area contributed by atoms with E-state index in [4.69, 9.17) is 15.9 Å². The SMILES string of the molecule is C#CC#CC=C=CC1OC1C(O)CCC1CCC(=O)O1. The van der Waals surface area contributed by atoms with Gasteiger partial charge in [0.15, 0.2) is 0 Å². The number of hydrogen-bond donors (Lipinski definition) is 1. The van der Waals surface area contributed by atoms with Crippen LogP contribution in [0.15, 0.2) is 17.9 Å². The summed E-state index contributed by atoms with van der Waals surface area (Å²) in [7, 11) is 0. The maximum absolute atomic E-state index is 10.9. The van der Waals surface area contributed by atoms with E-state index >= 15 is 0 Å². The highest BCUT2D eigenvalue weighted by molar-refractivity contribution is 5.71. The lowest BCUT2D eigenvalue weighted by atomic mass is 10.0. The van der Waals surface area contributed by atoms with Crippen LogP contribution in [-0.2, 0) is 14.3 Å². The molecule has 2 aliphatic heterocycles. The van der Waals surface area contributed by atoms with Crippen LogP contribution in [0.2, 0.25) is 0 Å². The van der Waals surface area contributed by atoms with Gasteiger partial charge in [-0.1, -0.05) is 5.92 Å². The Kier molecular flexibility index (Phi) is 5.04. The third kappa shape index (κ3) is 4.30. The van der Waals surface area contributed by atoms with Gasteiger partial charge in [-0.05, 0) is 37.2 Å². The fourth-order valence-corrected chi connectivity index (χ4v) is 2.15. The van der Waals surface area contributed by atoms with Crippen LogP contribution in [0.4, 0.5) is 0 Å². The summed E-state index contributed by atoms with van der Waals surface area (Å²) in [6.07, 6.45) is 9.74. The first-order chi connectivity index (χ1) is 9.70. The van der Waals surface area contributed by atoms with E-state index in [1.54, 1.807) is 6.08 Å². The zero-order valence-electron chi connectivity index (χ0n) is 11.0. The van der Waals surface area contributed by atoms with Crippen molar-refractivity contribution in [2.45, 2.75) is 50.1 Å². The van der Waals surface area contributed by atoms with E-state index in [2.05, 4.69) is 23.5 Å². The molecule has 4 atom stereocenters. The quantitative estimate of drug-likeness (QED) is 0.350. The number of carbonyl (C=O) groups is 1. The molecule has 4 unspecified atom stereocenters. The molecule has 4 heteroatoms. The van der Waals surface area contributed by atoms with Crippen LogP contribution in [0.3, 0.4) is 0 Å². The lowest BCUT2D eigenvalue weighted by molar-refractivity contribution is -0.141. The molecule has 0 bridgehead atoms. The minimum absolute atomic E-state index is 0.0520. The predicted molar refractivity (Wildman–Crippen MR) is 72.3 cm³/mol. The van der Waals surface area contributed by atoms with Gasteiger partial charge in [0.05, 0.1) is 6.10 Å². The van der Waals surface area contributed by atoms with Gasteiger partial charge in [0.25, 0.3) is 0 Å². The lowest BCUT2D eigenvalue weighted by Crippen LogP contribution is -2.19. The van der Waals surface area contributed by atoms with Crippen LogP contribution in [0.1, 0.15) is 25.7 Å². The lowest BCUT2D eigenvalue weighted by Gasteiger charge is -2.11. The van der Waals surface area contributed by atoms with Crippen molar-refractivity contribution in [3.05, 3.63) is 17.9 Å². The third-order valence-corrected chi connectivity index (χ3v) is 3.25. The van der Waals surface area contributed by atoms with E-state index in [0.29, 0.717) is 19.3 Å². The summed E-state index contributed by atoms with van der Waals surface area (Å²) in [4.78, 5) is 10.9. The predicted octanol–water partition coefficient (Wildman–Crippen LogP) is 0.948. The van der Waals surface area contributed by atoms with Crippen molar-refractivity contribution in [2.24, 2.45) is 0 Å². The summed E-state index contributed by atoms with van der Waals surface area (Å²) in [5.41, 5.74) is 2.85. The van der Waals surface area contributed by atoms with E-state index < -0.39 is 6.10 Å². The van der Waals surface area contributed by atoms with Crippen LogP contribution in [0, 0.1) is 24.2 Å². The molecule has 2 rings (SSSR count). The number of rotatable bonds is 5. The van der Waals surface area contributed by atoms with Crippen LogP contribution in [0.5, 0.6) is 0 Å². The Morgan fingerprint density at radius 3 is 3.10 bits per heavy atom. The van der Waals surface area contributed by atoms with Gasteiger partial charge in [0.2, 0.25) is 0 Å². The molecule has 104 valence electrons. The van der Waals surface area contributed by atoms with Gasteiger partial charge in [0, 0.05) is 12.5 Å². The topological polar surface area (TPSA) is 59.1 Å². The van der Waals surface area contributed by atoms with Gasteiger partial charge in [-0.2, -0.15) is 0 Å². The van der Waals surface area contributed by atoms with Crippen molar-refractivity contribution in [2.75, 3.05) is 0 Å². The van der Waals surface area contributed by atoms with Crippen molar-refractivity contribution in [3.63, 3.8) is 0 Å². The molecule has 0 aromatic carbocycles. The van der Waals surface area contributed by atoms with Crippen molar-refractivity contribution < 1.29 is 19.4 Å². The number of aliphatic hydroxyl groups excluding tert-OH is 1. The molecule has 2 saturated heterocycles. The van der Waals surface area contributed by atoms with Crippen LogP contribution < -0.4 is 0 Å². The van der Waals surface area contributed by atoms with Crippen molar-refractivity contribution >= 4 is 5.97 Å². The normalized spacial score (nSPS) is 28.2. The number of epoxide rings is 1. The number of terminal acetylenes is 1. The molecule has 1 N–H and O–H groups in total. The molecule has 2 heterocycles. The van der Waals surface area contributed by atoms with Gasteiger partial charge < -0.3 is 14.6 Å². The number of esters is 1. The summed E-state index contributed by atoms with van der Waals surface area (Å²) in [5.74, 6) is 7.09. The number of hydrogen-bond acceptors (Lipinski definition) is 4. The van der Waals surface area contributed by atoms with E-state index in [-0.39, 0.29) is 24.3 Å². The fourth-order valence-electron chi connectivity index (χ4n) is 2.15. The monoisotopic (exact) mass is 272 g/mol. The van der Waals surface area contributed by atoms with E-state index in [1.807, 2.05) is 0 Å². The summed E-state index contributed by atoms with van der Waals surface area (Å²) < 4.78 is 10.4. The van der Waals surface area contributed by atoms with Gasteiger partial charge in [-0.15, -0.1) is 12.2 Å². The van der Waals surface area contributed by atoms with E-state index in [9.17, 15) is 9.90 Å². The first-order valence-corrected chi connectivity index (χ1v) is 6.61. The molecule has 0 aromatic rings. The van der Waals surface area contributed by atoms with Crippen LogP contribution in [-0.4, -0.2) is 35.5 Å². The van der Waals surface area contributed by atoms with Crippen LogP contribution in [0.25, 0.3) is 0 Å². The van der Waals surface area contributed by atoms with Crippen molar-refractivity contribution in [1.29, 1.82) is 0 Å².